The summed E-state index contributed by atoms with van der Waals surface area (Å²) < 4.78 is 33.6. The molecule has 2 saturated heterocycles. The Morgan fingerprint density at radius 2 is 2.17 bits per heavy atom. The van der Waals surface area contributed by atoms with E-state index in [-0.39, 0.29) is 19.0 Å². The SMILES string of the molecule is C[C@@]12OC(=O)O[C@@H]1C(COP(=O)(O)NCc1ccccc1)OC2N/C=C\C(=N)N. The average molecular weight is 426 g/mol. The van der Waals surface area contributed by atoms with Crippen LogP contribution in [0, 0.1) is 5.41 Å². The van der Waals surface area contributed by atoms with Crippen molar-refractivity contribution in [3.63, 3.8) is 0 Å². The van der Waals surface area contributed by atoms with Crippen LogP contribution in [-0.2, 0) is 29.8 Å². The standard InChI is InChI=1S/C17H23N4O7P/c1-17-14(27-16(22)28-17)12(26-15(17)20-8-7-13(18)19)10-25-29(23,24)21-9-11-5-3-2-4-6-11/h2-8,12,14-15,20H,9-10H2,1H3,(H3,18,19)(H2,21,23,24)/b8-7-/t12?,14-,15?,17-/m1/s1. The Balaban J connectivity index is 1.60. The number of fused-ring (bicyclic) bond motifs is 1. The van der Waals surface area contributed by atoms with E-state index in [0.717, 1.165) is 5.56 Å². The lowest BCUT2D eigenvalue weighted by molar-refractivity contribution is -0.0636. The summed E-state index contributed by atoms with van der Waals surface area (Å²) in [7, 11) is -4.13. The molecule has 1 aromatic rings. The lowest BCUT2D eigenvalue weighted by atomic mass is 9.97. The van der Waals surface area contributed by atoms with Crippen molar-refractivity contribution < 1.29 is 33.0 Å². The quantitative estimate of drug-likeness (QED) is 0.166. The Bertz CT molecular complexity index is 836. The van der Waals surface area contributed by atoms with Gasteiger partial charge in [-0.15, -0.1) is 0 Å². The highest BCUT2D eigenvalue weighted by molar-refractivity contribution is 7.50. The van der Waals surface area contributed by atoms with Crippen LogP contribution in [0.5, 0.6) is 0 Å². The van der Waals surface area contributed by atoms with E-state index in [4.69, 9.17) is 29.9 Å². The monoisotopic (exact) mass is 426 g/mol. The first kappa shape index (κ1) is 21.3. The Labute approximate surface area is 167 Å². The molecule has 11 nitrogen and oxygen atoms in total. The van der Waals surface area contributed by atoms with E-state index < -0.39 is 37.9 Å². The van der Waals surface area contributed by atoms with Crippen LogP contribution < -0.4 is 16.1 Å². The number of carbonyl (C=O) groups excluding carboxylic acids is 1. The molecule has 29 heavy (non-hydrogen) atoms. The van der Waals surface area contributed by atoms with Crippen molar-refractivity contribution in [2.24, 2.45) is 5.73 Å². The fourth-order valence-corrected chi connectivity index (χ4v) is 3.90. The molecule has 0 saturated carbocycles. The second-order valence-electron chi connectivity index (χ2n) is 6.72. The van der Waals surface area contributed by atoms with Crippen molar-refractivity contribution >= 4 is 19.7 Å². The molecule has 0 aliphatic carbocycles. The predicted molar refractivity (Wildman–Crippen MR) is 102 cm³/mol. The van der Waals surface area contributed by atoms with E-state index in [1.807, 2.05) is 18.2 Å². The molecule has 3 unspecified atom stereocenters. The molecule has 0 aromatic heterocycles. The topological polar surface area (TPSA) is 165 Å². The van der Waals surface area contributed by atoms with Gasteiger partial charge in [0.1, 0.15) is 11.9 Å². The minimum Gasteiger partial charge on any atom is -0.424 e. The smallest absolute Gasteiger partial charge is 0.424 e. The number of hydrogen-bond acceptors (Lipinski definition) is 8. The van der Waals surface area contributed by atoms with Crippen molar-refractivity contribution in [1.29, 1.82) is 5.41 Å². The van der Waals surface area contributed by atoms with Crippen molar-refractivity contribution in [3.05, 3.63) is 48.2 Å². The number of ether oxygens (including phenoxy) is 3. The van der Waals surface area contributed by atoms with Crippen LogP contribution in [0.3, 0.4) is 0 Å². The molecular formula is C17H23N4O7P. The van der Waals surface area contributed by atoms with Crippen molar-refractivity contribution in [3.8, 4) is 0 Å². The number of rotatable bonds is 9. The first-order chi connectivity index (χ1) is 13.7. The summed E-state index contributed by atoms with van der Waals surface area (Å²) in [6.07, 6.45) is -0.746. The zero-order chi connectivity index (χ0) is 21.1. The Hall–Kier alpha value is -2.43. The molecule has 0 bridgehead atoms. The maximum Gasteiger partial charge on any atom is 0.509 e. The number of benzene rings is 1. The van der Waals surface area contributed by atoms with Gasteiger partial charge in [0.15, 0.2) is 17.9 Å². The Morgan fingerprint density at radius 3 is 2.86 bits per heavy atom. The van der Waals surface area contributed by atoms with Gasteiger partial charge in [0.25, 0.3) is 0 Å². The summed E-state index contributed by atoms with van der Waals surface area (Å²) in [5.74, 6) is -0.178. The van der Waals surface area contributed by atoms with E-state index >= 15 is 0 Å². The van der Waals surface area contributed by atoms with Gasteiger partial charge >= 0.3 is 13.9 Å². The van der Waals surface area contributed by atoms with Crippen LogP contribution in [-0.4, -0.2) is 47.5 Å². The summed E-state index contributed by atoms with van der Waals surface area (Å²) in [6, 6.07) is 9.08. The fraction of sp³-hybridized carbons (Fsp3) is 0.412. The summed E-state index contributed by atoms with van der Waals surface area (Å²) >= 11 is 0. The third kappa shape index (κ3) is 5.14. The normalized spacial score (nSPS) is 30.4. The maximum absolute atomic E-state index is 12.3. The van der Waals surface area contributed by atoms with Gasteiger partial charge in [-0.25, -0.2) is 14.4 Å². The number of hydrogen-bond donors (Lipinski definition) is 5. The molecule has 0 spiro atoms. The fourth-order valence-electron chi connectivity index (χ4n) is 3.08. The van der Waals surface area contributed by atoms with Gasteiger partial charge in [0.05, 0.1) is 6.61 Å². The lowest BCUT2D eigenvalue weighted by Crippen LogP contribution is -2.48. The molecule has 5 atom stereocenters. The number of nitrogens with two attached hydrogens (primary N) is 1. The first-order valence-corrected chi connectivity index (χ1v) is 10.4. The lowest BCUT2D eigenvalue weighted by Gasteiger charge is -2.25. The maximum atomic E-state index is 12.3. The Kier molecular flexibility index (Phi) is 6.25. The van der Waals surface area contributed by atoms with E-state index in [1.165, 1.54) is 12.3 Å². The molecule has 2 heterocycles. The highest BCUT2D eigenvalue weighted by Gasteiger charge is 2.63. The zero-order valence-electron chi connectivity index (χ0n) is 15.6. The number of carbonyl (C=O) groups is 1. The molecule has 6 N–H and O–H groups in total. The van der Waals surface area contributed by atoms with Gasteiger partial charge in [0.2, 0.25) is 0 Å². The van der Waals surface area contributed by atoms with Gasteiger partial charge in [-0.05, 0) is 18.6 Å². The van der Waals surface area contributed by atoms with Gasteiger partial charge in [-0.1, -0.05) is 30.3 Å². The highest BCUT2D eigenvalue weighted by atomic mass is 31.2. The predicted octanol–water partition coefficient (Wildman–Crippen LogP) is 0.951. The summed E-state index contributed by atoms with van der Waals surface area (Å²) in [5, 5.41) is 12.5. The van der Waals surface area contributed by atoms with Gasteiger partial charge in [0, 0.05) is 12.7 Å². The highest BCUT2D eigenvalue weighted by Crippen LogP contribution is 2.43. The van der Waals surface area contributed by atoms with Crippen LogP contribution in [0.15, 0.2) is 42.6 Å². The van der Waals surface area contributed by atoms with Crippen LogP contribution in [0.4, 0.5) is 4.79 Å². The molecule has 2 aliphatic rings. The van der Waals surface area contributed by atoms with Crippen LogP contribution in [0.1, 0.15) is 12.5 Å². The second-order valence-corrected chi connectivity index (χ2v) is 8.34. The van der Waals surface area contributed by atoms with E-state index in [2.05, 4.69) is 10.4 Å². The molecular weight excluding hydrogens is 403 g/mol. The summed E-state index contributed by atoms with van der Waals surface area (Å²) in [4.78, 5) is 21.7. The molecule has 0 amide bonds. The molecule has 3 rings (SSSR count). The largest absolute Gasteiger partial charge is 0.509 e. The number of nitrogens with one attached hydrogen (secondary N) is 3. The summed E-state index contributed by atoms with van der Waals surface area (Å²) in [6.45, 7) is 1.43. The van der Waals surface area contributed by atoms with Crippen LogP contribution in [0.2, 0.25) is 0 Å². The zero-order valence-corrected chi connectivity index (χ0v) is 16.5. The molecule has 2 aliphatic heterocycles. The van der Waals surface area contributed by atoms with Gasteiger partial charge < -0.3 is 30.2 Å². The molecule has 0 radical (unpaired) electrons. The van der Waals surface area contributed by atoms with Crippen LogP contribution >= 0.6 is 7.75 Å². The molecule has 2 fully saturated rings. The van der Waals surface area contributed by atoms with Crippen LogP contribution in [0.25, 0.3) is 0 Å². The van der Waals surface area contributed by atoms with Crippen molar-refractivity contribution in [2.75, 3.05) is 6.61 Å². The van der Waals surface area contributed by atoms with E-state index in [0.29, 0.717) is 0 Å². The third-order valence-electron chi connectivity index (χ3n) is 4.51. The molecule has 158 valence electrons. The third-order valence-corrected chi connectivity index (χ3v) is 5.57. The average Bonchev–Trinajstić information content (AvgIpc) is 3.10. The minimum absolute atomic E-state index is 0.138. The van der Waals surface area contributed by atoms with Crippen molar-refractivity contribution in [2.45, 2.75) is 37.5 Å². The summed E-state index contributed by atoms with van der Waals surface area (Å²) in [5.41, 5.74) is 4.88. The second kappa shape index (κ2) is 8.52. The number of amidine groups is 1. The van der Waals surface area contributed by atoms with E-state index in [1.54, 1.807) is 19.1 Å². The van der Waals surface area contributed by atoms with Gasteiger partial charge in [-0.3, -0.25) is 9.93 Å². The Morgan fingerprint density at radius 1 is 1.45 bits per heavy atom. The van der Waals surface area contributed by atoms with E-state index in [9.17, 15) is 14.3 Å². The van der Waals surface area contributed by atoms with Crippen molar-refractivity contribution in [1.82, 2.24) is 10.4 Å². The first-order valence-electron chi connectivity index (χ1n) is 8.78. The molecule has 12 heteroatoms. The molecule has 1 aromatic carbocycles. The van der Waals surface area contributed by atoms with Gasteiger partial charge in [-0.2, -0.15) is 0 Å². The minimum atomic E-state index is -4.13.